The van der Waals surface area contributed by atoms with E-state index in [4.69, 9.17) is 18.2 Å². The molecule has 6 heteroatoms. The summed E-state index contributed by atoms with van der Waals surface area (Å²) < 4.78 is 2.79. The topological polar surface area (TPSA) is 22.2 Å². The molecule has 1 fully saturated rings. The summed E-state index contributed by atoms with van der Waals surface area (Å²) in [6.07, 6.45) is 5.14. The number of imidazole rings is 1. The lowest BCUT2D eigenvalue weighted by Crippen LogP contribution is -1.92. The van der Waals surface area contributed by atoms with E-state index in [0.29, 0.717) is 11.1 Å². The fourth-order valence-corrected chi connectivity index (χ4v) is 5.19. The van der Waals surface area contributed by atoms with E-state index in [1.165, 1.54) is 0 Å². The van der Waals surface area contributed by atoms with Gasteiger partial charge in [-0.3, -0.25) is 4.57 Å². The number of halogens is 1. The van der Waals surface area contributed by atoms with Gasteiger partial charge < -0.3 is 4.85 Å². The molecule has 1 aliphatic rings. The first kappa shape index (κ1) is 13.6. The van der Waals surface area contributed by atoms with E-state index >= 15 is 0 Å². The van der Waals surface area contributed by atoms with E-state index in [1.54, 1.807) is 46.8 Å². The third kappa shape index (κ3) is 2.59. The molecule has 0 N–H and O–H groups in total. The van der Waals surface area contributed by atoms with Crippen LogP contribution < -0.4 is 0 Å². The first-order valence-electron chi connectivity index (χ1n) is 5.93. The van der Waals surface area contributed by atoms with Gasteiger partial charge in [0.25, 0.3) is 5.82 Å². The minimum atomic E-state index is 0.295. The third-order valence-electron chi connectivity index (χ3n) is 2.90. The van der Waals surface area contributed by atoms with Crippen molar-refractivity contribution >= 4 is 40.9 Å². The maximum atomic E-state index is 7.38. The maximum absolute atomic E-state index is 7.38. The van der Waals surface area contributed by atoms with E-state index in [2.05, 4.69) is 15.9 Å². The molecule has 0 bridgehead atoms. The summed E-state index contributed by atoms with van der Waals surface area (Å²) in [4.78, 5) is 7.64. The Labute approximate surface area is 130 Å². The number of hydrogen-bond donors (Lipinski definition) is 0. The molecule has 0 radical (unpaired) electrons. The smallest absolute Gasteiger partial charge is 0.255 e. The van der Waals surface area contributed by atoms with Gasteiger partial charge in [0.2, 0.25) is 0 Å². The second-order valence-corrected chi connectivity index (χ2v) is 7.04. The second-order valence-electron chi connectivity index (χ2n) is 4.13. The molecule has 20 heavy (non-hydrogen) atoms. The minimum absolute atomic E-state index is 0.295. The van der Waals surface area contributed by atoms with Crippen molar-refractivity contribution in [2.75, 3.05) is 5.75 Å². The Kier molecular flexibility index (Phi) is 4.06. The van der Waals surface area contributed by atoms with Crippen molar-refractivity contribution in [3.63, 3.8) is 0 Å². The number of rotatable bonds is 2. The lowest BCUT2D eigenvalue weighted by Gasteiger charge is -2.10. The molecule has 0 spiro atoms. The molecule has 1 aromatic carbocycles. The molecule has 1 atom stereocenters. The molecule has 1 unspecified atom stereocenters. The molecular weight excluding hydrogens is 310 g/mol. The molecule has 3 nitrogen and oxygen atoms in total. The molecule has 0 aliphatic carbocycles. The quantitative estimate of drug-likeness (QED) is 0.745. The number of aromatic nitrogens is 2. The molecule has 2 heterocycles. The predicted molar refractivity (Wildman–Crippen MR) is 86.3 cm³/mol. The van der Waals surface area contributed by atoms with Gasteiger partial charge in [0.1, 0.15) is 0 Å². The average Bonchev–Trinajstić information content (AvgIpc) is 3.12. The van der Waals surface area contributed by atoms with Crippen LogP contribution >= 0.6 is 35.1 Å². The van der Waals surface area contributed by atoms with Crippen LogP contribution in [0.5, 0.6) is 0 Å². The van der Waals surface area contributed by atoms with Crippen molar-refractivity contribution < 1.29 is 0 Å². The van der Waals surface area contributed by atoms with Gasteiger partial charge in [0, 0.05) is 16.0 Å². The van der Waals surface area contributed by atoms with E-state index in [1.807, 2.05) is 18.2 Å². The summed E-state index contributed by atoms with van der Waals surface area (Å²) in [5, 5.41) is 1.09. The van der Waals surface area contributed by atoms with Crippen molar-refractivity contribution in [3.05, 3.63) is 69.2 Å². The van der Waals surface area contributed by atoms with Gasteiger partial charge in [-0.15, -0.1) is 23.5 Å². The molecule has 3 rings (SSSR count). The minimum Gasteiger partial charge on any atom is -0.362 e. The van der Waals surface area contributed by atoms with Gasteiger partial charge >= 0.3 is 0 Å². The first-order valence-corrected chi connectivity index (χ1v) is 8.18. The Hall–Kier alpha value is -1.35. The predicted octanol–water partition coefficient (Wildman–Crippen LogP) is 4.76. The monoisotopic (exact) mass is 319 g/mol. The van der Waals surface area contributed by atoms with Crippen molar-refractivity contribution in [3.8, 4) is 0 Å². The lowest BCUT2D eigenvalue weighted by atomic mass is 10.2. The fourth-order valence-electron chi connectivity index (χ4n) is 1.95. The molecule has 1 saturated heterocycles. The molecule has 0 saturated carbocycles. The van der Waals surface area contributed by atoms with Crippen LogP contribution in [0.15, 0.2) is 47.2 Å². The van der Waals surface area contributed by atoms with Gasteiger partial charge in [-0.2, -0.15) is 0 Å². The highest BCUT2D eigenvalue weighted by molar-refractivity contribution is 8.25. The molecule has 100 valence electrons. The van der Waals surface area contributed by atoms with Crippen LogP contribution in [0.3, 0.4) is 0 Å². The summed E-state index contributed by atoms with van der Waals surface area (Å²) in [7, 11) is 0. The highest BCUT2D eigenvalue weighted by atomic mass is 35.5. The van der Waals surface area contributed by atoms with Gasteiger partial charge in [0.05, 0.1) is 16.6 Å². The largest absolute Gasteiger partial charge is 0.362 e. The Morgan fingerprint density at radius 3 is 3.00 bits per heavy atom. The molecular formula is C14H10ClN3S2. The van der Waals surface area contributed by atoms with Crippen LogP contribution in [0.1, 0.15) is 10.8 Å². The second kappa shape index (κ2) is 5.96. The Balaban J connectivity index is 1.90. The normalized spacial score (nSPS) is 20.7. The fraction of sp³-hybridized carbons (Fsp3) is 0.143. The SMILES string of the molecule is [C-]#[N+]/C(=C1/SCC(c2ccccc2Cl)S1)n1ccnc1. The van der Waals surface area contributed by atoms with Crippen LogP contribution in [0.25, 0.3) is 10.7 Å². The van der Waals surface area contributed by atoms with E-state index in [0.717, 1.165) is 20.6 Å². The zero-order valence-electron chi connectivity index (χ0n) is 10.4. The van der Waals surface area contributed by atoms with Crippen LogP contribution in [0.2, 0.25) is 5.02 Å². The highest BCUT2D eigenvalue weighted by Crippen LogP contribution is 2.53. The summed E-state index contributed by atoms with van der Waals surface area (Å²) >= 11 is 9.66. The van der Waals surface area contributed by atoms with Gasteiger partial charge in [-0.25, -0.2) is 4.98 Å². The number of benzene rings is 1. The Bertz CT molecular complexity index is 689. The van der Waals surface area contributed by atoms with Gasteiger partial charge in [-0.05, 0) is 11.6 Å². The van der Waals surface area contributed by atoms with Crippen LogP contribution in [0, 0.1) is 6.57 Å². The third-order valence-corrected chi connectivity index (χ3v) is 6.15. The molecule has 2 aromatic rings. The highest BCUT2D eigenvalue weighted by Gasteiger charge is 2.27. The number of thioether (sulfide) groups is 2. The number of hydrogen-bond acceptors (Lipinski definition) is 3. The molecule has 1 aromatic heterocycles. The van der Waals surface area contributed by atoms with E-state index in [9.17, 15) is 0 Å². The van der Waals surface area contributed by atoms with Crippen molar-refractivity contribution in [1.29, 1.82) is 0 Å². The summed E-state index contributed by atoms with van der Waals surface area (Å²) in [6.45, 7) is 7.38. The Morgan fingerprint density at radius 1 is 1.45 bits per heavy atom. The van der Waals surface area contributed by atoms with Crippen molar-refractivity contribution in [2.45, 2.75) is 5.25 Å². The maximum Gasteiger partial charge on any atom is 0.255 e. The molecule has 0 amide bonds. The lowest BCUT2D eigenvalue weighted by molar-refractivity contribution is 1.10. The summed E-state index contributed by atoms with van der Waals surface area (Å²) in [5.41, 5.74) is 1.14. The standard InChI is InChI=1S/C14H10ClN3S2/c1-16-13(18-7-6-17-9-18)14-19-8-12(20-14)10-4-2-3-5-11(10)15/h2-7,9,12H,8H2/b14-13+. The van der Waals surface area contributed by atoms with Gasteiger partial charge in [0.15, 0.2) is 6.33 Å². The number of nitrogens with zero attached hydrogens (tertiary/aromatic N) is 3. The summed E-state index contributed by atoms with van der Waals surface area (Å²) in [6, 6.07) is 7.90. The van der Waals surface area contributed by atoms with Crippen molar-refractivity contribution in [2.24, 2.45) is 0 Å². The zero-order valence-corrected chi connectivity index (χ0v) is 12.8. The van der Waals surface area contributed by atoms with Crippen LogP contribution in [0.4, 0.5) is 0 Å². The van der Waals surface area contributed by atoms with Crippen molar-refractivity contribution in [1.82, 2.24) is 9.55 Å². The summed E-state index contributed by atoms with van der Waals surface area (Å²) in [5.74, 6) is 1.55. The average molecular weight is 320 g/mol. The first-order chi connectivity index (χ1) is 9.79. The Morgan fingerprint density at radius 2 is 2.30 bits per heavy atom. The van der Waals surface area contributed by atoms with Crippen LogP contribution in [-0.4, -0.2) is 15.3 Å². The molecule has 1 aliphatic heterocycles. The zero-order chi connectivity index (χ0) is 13.9. The van der Waals surface area contributed by atoms with E-state index in [-0.39, 0.29) is 0 Å². The van der Waals surface area contributed by atoms with Gasteiger partial charge in [-0.1, -0.05) is 36.4 Å². The van der Waals surface area contributed by atoms with E-state index < -0.39 is 0 Å². The van der Waals surface area contributed by atoms with Crippen LogP contribution in [-0.2, 0) is 0 Å².